The predicted molar refractivity (Wildman–Crippen MR) is 44.1 cm³/mol. The molecule has 0 radical (unpaired) electrons. The first-order chi connectivity index (χ1) is 4.34. The molecule has 0 amide bonds. The molecule has 0 saturated carbocycles. The molecule has 0 aromatic heterocycles. The number of hydrogen-bond donors (Lipinski definition) is 0. The van der Waals surface area contributed by atoms with Crippen LogP contribution >= 0.6 is 15.9 Å². The molecular weight excluding hydrogens is 178 g/mol. The van der Waals surface area contributed by atoms with Crippen LogP contribution in [0, 0.1) is 0 Å². The van der Waals surface area contributed by atoms with E-state index in [-0.39, 0.29) is 0 Å². The second-order valence-corrected chi connectivity index (χ2v) is 3.55. The lowest BCUT2D eigenvalue weighted by atomic mass is 10.2. The fraction of sp³-hybridized carbons (Fsp3) is 1.00. The van der Waals surface area contributed by atoms with Gasteiger partial charge in [-0.3, -0.25) is 0 Å². The number of hydrogen-bond acceptors (Lipinski definition) is 1. The molecule has 1 heterocycles. The molecule has 9 heavy (non-hydrogen) atoms. The predicted octanol–water partition coefficient (Wildman–Crippen LogP) is 1.87. The van der Waals surface area contributed by atoms with E-state index in [1.54, 1.807) is 0 Å². The van der Waals surface area contributed by atoms with Gasteiger partial charge in [-0.15, -0.1) is 0 Å². The Morgan fingerprint density at radius 1 is 1.67 bits per heavy atom. The lowest BCUT2D eigenvalue weighted by Crippen LogP contribution is -2.24. The van der Waals surface area contributed by atoms with Crippen molar-refractivity contribution in [1.29, 1.82) is 0 Å². The summed E-state index contributed by atoms with van der Waals surface area (Å²) in [7, 11) is 2.22. The van der Waals surface area contributed by atoms with Gasteiger partial charge < -0.3 is 4.90 Å². The number of likely N-dealkylation sites (tertiary alicyclic amines) is 1. The molecule has 0 spiro atoms. The first-order valence-electron chi connectivity index (χ1n) is 3.61. The molecule has 0 N–H and O–H groups in total. The third-order valence-corrected chi connectivity index (χ3v) is 2.57. The summed E-state index contributed by atoms with van der Waals surface area (Å²) in [5.74, 6) is 0. The van der Waals surface area contributed by atoms with Gasteiger partial charge in [0, 0.05) is 11.4 Å². The minimum atomic E-state index is 0.865. The Balaban J connectivity index is 2.22. The molecule has 0 aromatic carbocycles. The van der Waals surface area contributed by atoms with E-state index in [4.69, 9.17) is 0 Å². The SMILES string of the molecule is CN1CCC[C@@H]1CCBr. The summed E-state index contributed by atoms with van der Waals surface area (Å²) in [6.45, 7) is 1.30. The molecule has 0 unspecified atom stereocenters. The third kappa shape index (κ3) is 1.94. The maximum atomic E-state index is 3.46. The number of halogens is 1. The Hall–Kier alpha value is 0.440. The summed E-state index contributed by atoms with van der Waals surface area (Å²) in [6, 6.07) is 0.865. The summed E-state index contributed by atoms with van der Waals surface area (Å²) >= 11 is 3.46. The van der Waals surface area contributed by atoms with E-state index in [9.17, 15) is 0 Å². The van der Waals surface area contributed by atoms with Crippen LogP contribution in [0.15, 0.2) is 0 Å². The summed E-state index contributed by atoms with van der Waals surface area (Å²) in [5, 5.41) is 1.15. The smallest absolute Gasteiger partial charge is 0.0101 e. The van der Waals surface area contributed by atoms with Crippen LogP contribution in [0.3, 0.4) is 0 Å². The quantitative estimate of drug-likeness (QED) is 0.603. The molecule has 1 saturated heterocycles. The van der Waals surface area contributed by atoms with Crippen molar-refractivity contribution in [2.75, 3.05) is 18.9 Å². The maximum absolute atomic E-state index is 3.46. The molecule has 54 valence electrons. The Kier molecular flexibility index (Phi) is 2.99. The normalized spacial score (nSPS) is 29.3. The van der Waals surface area contributed by atoms with Crippen LogP contribution < -0.4 is 0 Å². The zero-order valence-corrected chi connectivity index (χ0v) is 7.52. The van der Waals surface area contributed by atoms with Gasteiger partial charge in [-0.05, 0) is 32.9 Å². The molecule has 0 aliphatic carbocycles. The fourth-order valence-corrected chi connectivity index (χ4v) is 2.00. The third-order valence-electron chi connectivity index (χ3n) is 2.11. The zero-order valence-electron chi connectivity index (χ0n) is 5.94. The number of rotatable bonds is 2. The van der Waals surface area contributed by atoms with Crippen molar-refractivity contribution in [1.82, 2.24) is 4.90 Å². The number of alkyl halides is 1. The highest BCUT2D eigenvalue weighted by atomic mass is 79.9. The standard InChI is InChI=1S/C7H14BrN/c1-9-6-2-3-7(9)4-5-8/h7H,2-6H2,1H3/t7-/m1/s1. The van der Waals surface area contributed by atoms with E-state index >= 15 is 0 Å². The van der Waals surface area contributed by atoms with Crippen LogP contribution in [0.5, 0.6) is 0 Å². The summed E-state index contributed by atoms with van der Waals surface area (Å²) in [5.41, 5.74) is 0. The average molecular weight is 192 g/mol. The topological polar surface area (TPSA) is 3.24 Å². The van der Waals surface area contributed by atoms with Crippen molar-refractivity contribution in [3.05, 3.63) is 0 Å². The molecule has 1 rings (SSSR count). The van der Waals surface area contributed by atoms with Crippen LogP contribution in [-0.4, -0.2) is 29.9 Å². The molecular formula is C7H14BrN. The van der Waals surface area contributed by atoms with Gasteiger partial charge in [0.05, 0.1) is 0 Å². The molecule has 1 fully saturated rings. The van der Waals surface area contributed by atoms with Crippen LogP contribution in [0.2, 0.25) is 0 Å². The van der Waals surface area contributed by atoms with Gasteiger partial charge in [0.15, 0.2) is 0 Å². The van der Waals surface area contributed by atoms with Crippen LogP contribution in [-0.2, 0) is 0 Å². The second kappa shape index (κ2) is 3.57. The molecule has 1 aliphatic rings. The van der Waals surface area contributed by atoms with Gasteiger partial charge in [0.1, 0.15) is 0 Å². The van der Waals surface area contributed by atoms with Crippen molar-refractivity contribution in [3.63, 3.8) is 0 Å². The molecule has 2 heteroatoms. The van der Waals surface area contributed by atoms with Gasteiger partial charge in [-0.2, -0.15) is 0 Å². The fourth-order valence-electron chi connectivity index (χ4n) is 1.47. The largest absolute Gasteiger partial charge is 0.303 e. The zero-order chi connectivity index (χ0) is 6.69. The minimum absolute atomic E-state index is 0.865. The lowest BCUT2D eigenvalue weighted by molar-refractivity contribution is 0.306. The Morgan fingerprint density at radius 3 is 2.89 bits per heavy atom. The van der Waals surface area contributed by atoms with Gasteiger partial charge in [0.25, 0.3) is 0 Å². The highest BCUT2D eigenvalue weighted by molar-refractivity contribution is 9.09. The van der Waals surface area contributed by atoms with E-state index in [1.807, 2.05) is 0 Å². The van der Waals surface area contributed by atoms with E-state index < -0.39 is 0 Å². The minimum Gasteiger partial charge on any atom is -0.303 e. The van der Waals surface area contributed by atoms with Crippen molar-refractivity contribution in [3.8, 4) is 0 Å². The van der Waals surface area contributed by atoms with Crippen molar-refractivity contribution >= 4 is 15.9 Å². The van der Waals surface area contributed by atoms with Crippen LogP contribution in [0.4, 0.5) is 0 Å². The van der Waals surface area contributed by atoms with Crippen molar-refractivity contribution in [2.24, 2.45) is 0 Å². The molecule has 0 aromatic rings. The Labute approximate surface area is 65.6 Å². The lowest BCUT2D eigenvalue weighted by Gasteiger charge is -2.17. The highest BCUT2D eigenvalue weighted by Crippen LogP contribution is 2.17. The first kappa shape index (κ1) is 7.55. The maximum Gasteiger partial charge on any atom is 0.0101 e. The molecule has 1 nitrogen and oxygen atoms in total. The van der Waals surface area contributed by atoms with Gasteiger partial charge in [0.2, 0.25) is 0 Å². The first-order valence-corrected chi connectivity index (χ1v) is 4.73. The molecule has 1 aliphatic heterocycles. The van der Waals surface area contributed by atoms with Gasteiger partial charge in [-0.1, -0.05) is 15.9 Å². The van der Waals surface area contributed by atoms with Crippen LogP contribution in [0.1, 0.15) is 19.3 Å². The number of nitrogens with zero attached hydrogens (tertiary/aromatic N) is 1. The van der Waals surface area contributed by atoms with Gasteiger partial charge in [-0.25, -0.2) is 0 Å². The van der Waals surface area contributed by atoms with Crippen molar-refractivity contribution < 1.29 is 0 Å². The van der Waals surface area contributed by atoms with E-state index in [0.717, 1.165) is 11.4 Å². The van der Waals surface area contributed by atoms with Crippen LogP contribution in [0.25, 0.3) is 0 Å². The Morgan fingerprint density at radius 2 is 2.44 bits per heavy atom. The second-order valence-electron chi connectivity index (χ2n) is 2.75. The van der Waals surface area contributed by atoms with Gasteiger partial charge >= 0.3 is 0 Å². The van der Waals surface area contributed by atoms with E-state index in [0.29, 0.717) is 0 Å². The summed E-state index contributed by atoms with van der Waals surface area (Å²) in [6.07, 6.45) is 4.12. The van der Waals surface area contributed by atoms with E-state index in [1.165, 1.54) is 25.8 Å². The Bertz CT molecular complexity index is 85.0. The monoisotopic (exact) mass is 191 g/mol. The van der Waals surface area contributed by atoms with Crippen molar-refractivity contribution in [2.45, 2.75) is 25.3 Å². The molecule has 1 atom stereocenters. The average Bonchev–Trinajstić information content (AvgIpc) is 2.18. The van der Waals surface area contributed by atoms with E-state index in [2.05, 4.69) is 27.9 Å². The summed E-state index contributed by atoms with van der Waals surface area (Å²) < 4.78 is 0. The highest BCUT2D eigenvalue weighted by Gasteiger charge is 2.18. The molecule has 0 bridgehead atoms. The summed E-state index contributed by atoms with van der Waals surface area (Å²) in [4.78, 5) is 2.46.